The predicted octanol–water partition coefficient (Wildman–Crippen LogP) is 5.26. The van der Waals surface area contributed by atoms with E-state index in [1.54, 1.807) is 24.3 Å². The summed E-state index contributed by atoms with van der Waals surface area (Å²) in [5.74, 6) is -0.0334. The molecule has 2 aliphatic carbocycles. The first kappa shape index (κ1) is 19.1. The number of anilines is 1. The van der Waals surface area contributed by atoms with Crippen LogP contribution in [-0.4, -0.2) is 22.8 Å². The molecule has 1 saturated carbocycles. The number of nitrogens with zero attached hydrogens (tertiary/aromatic N) is 3. The number of nitriles is 1. The van der Waals surface area contributed by atoms with Crippen molar-refractivity contribution in [2.24, 2.45) is 16.9 Å². The van der Waals surface area contributed by atoms with Gasteiger partial charge in [0, 0.05) is 11.5 Å². The van der Waals surface area contributed by atoms with Gasteiger partial charge in [0.1, 0.15) is 0 Å². The minimum Gasteiger partial charge on any atom is -0.478 e. The lowest BCUT2D eigenvalue weighted by Gasteiger charge is -2.34. The summed E-state index contributed by atoms with van der Waals surface area (Å²) >= 11 is 6.59. The molecule has 2 aromatic carbocycles. The Labute approximate surface area is 180 Å². The minimum absolute atomic E-state index is 0.250. The molecule has 2 atom stereocenters. The number of hydrogen-bond acceptors (Lipinski definition) is 4. The van der Waals surface area contributed by atoms with Gasteiger partial charge < -0.3 is 5.11 Å². The standard InChI is InChI=1S/C24H22ClN3O2/c25-20-11-14(13-26)5-10-21(20)28-23(15-3-1-2-4-15)19-9-6-16-12-17(24(29)30)7-8-18(16)22(19)27-28/h5,7-8,10-12,15,19,23H,1-4,6,9H2,(H,29,30). The maximum atomic E-state index is 11.4. The third-order valence-corrected chi connectivity index (χ3v) is 7.12. The number of hydrogen-bond donors (Lipinski definition) is 1. The molecular weight excluding hydrogens is 398 g/mol. The zero-order chi connectivity index (χ0) is 20.8. The summed E-state index contributed by atoms with van der Waals surface area (Å²) in [6.07, 6.45) is 6.70. The average molecular weight is 420 g/mol. The summed E-state index contributed by atoms with van der Waals surface area (Å²) < 4.78 is 0. The third-order valence-electron chi connectivity index (χ3n) is 6.82. The summed E-state index contributed by atoms with van der Waals surface area (Å²) in [7, 11) is 0. The van der Waals surface area contributed by atoms with Gasteiger partial charge in [-0.15, -0.1) is 0 Å². The van der Waals surface area contributed by atoms with Crippen molar-refractivity contribution >= 4 is 29.0 Å². The Morgan fingerprint density at radius 3 is 2.67 bits per heavy atom. The fraction of sp³-hybridized carbons (Fsp3) is 0.375. The molecule has 0 aromatic heterocycles. The predicted molar refractivity (Wildman–Crippen MR) is 116 cm³/mol. The number of aromatic carboxylic acids is 1. The van der Waals surface area contributed by atoms with Crippen LogP contribution in [0.3, 0.4) is 0 Å². The second kappa shape index (κ2) is 7.45. The smallest absolute Gasteiger partial charge is 0.335 e. The number of halogens is 1. The van der Waals surface area contributed by atoms with E-state index >= 15 is 0 Å². The lowest BCUT2D eigenvalue weighted by Crippen LogP contribution is -2.40. The molecule has 5 rings (SSSR count). The molecule has 0 spiro atoms. The maximum Gasteiger partial charge on any atom is 0.335 e. The number of fused-ring (bicyclic) bond motifs is 3. The molecule has 2 aromatic rings. The van der Waals surface area contributed by atoms with Crippen LogP contribution in [0, 0.1) is 23.2 Å². The Hall–Kier alpha value is -2.84. The molecule has 152 valence electrons. The summed E-state index contributed by atoms with van der Waals surface area (Å²) in [6.45, 7) is 0. The zero-order valence-corrected chi connectivity index (χ0v) is 17.3. The zero-order valence-electron chi connectivity index (χ0n) is 16.5. The second-order valence-electron chi connectivity index (χ2n) is 8.47. The van der Waals surface area contributed by atoms with Crippen molar-refractivity contribution < 1.29 is 9.90 Å². The van der Waals surface area contributed by atoms with Crippen LogP contribution in [0.1, 0.15) is 59.2 Å². The Balaban J connectivity index is 1.60. The highest BCUT2D eigenvalue weighted by molar-refractivity contribution is 6.33. The van der Waals surface area contributed by atoms with E-state index in [0.717, 1.165) is 35.4 Å². The number of carboxylic acids is 1. The van der Waals surface area contributed by atoms with Gasteiger partial charge in [-0.1, -0.05) is 30.5 Å². The van der Waals surface area contributed by atoms with E-state index in [1.807, 2.05) is 12.1 Å². The van der Waals surface area contributed by atoms with E-state index in [9.17, 15) is 15.2 Å². The van der Waals surface area contributed by atoms with Crippen molar-refractivity contribution in [1.82, 2.24) is 0 Å². The van der Waals surface area contributed by atoms with Gasteiger partial charge in [0.05, 0.1) is 39.7 Å². The quantitative estimate of drug-likeness (QED) is 0.736. The largest absolute Gasteiger partial charge is 0.478 e. The Morgan fingerprint density at radius 2 is 1.97 bits per heavy atom. The summed E-state index contributed by atoms with van der Waals surface area (Å²) in [5.41, 5.74) is 4.88. The molecule has 1 aliphatic heterocycles. The highest BCUT2D eigenvalue weighted by Gasteiger charge is 2.46. The molecular formula is C24H22ClN3O2. The van der Waals surface area contributed by atoms with Crippen LogP contribution in [0.25, 0.3) is 0 Å². The molecule has 0 bridgehead atoms. The number of carboxylic acid groups (broad SMARTS) is 1. The number of rotatable bonds is 3. The Bertz CT molecular complexity index is 1100. The van der Waals surface area contributed by atoms with Gasteiger partial charge in [0.15, 0.2) is 0 Å². The third kappa shape index (κ3) is 3.07. The van der Waals surface area contributed by atoms with Gasteiger partial charge >= 0.3 is 5.97 Å². The van der Waals surface area contributed by atoms with Gasteiger partial charge in [-0.25, -0.2) is 4.79 Å². The van der Waals surface area contributed by atoms with Gasteiger partial charge in [-0.05, 0) is 67.5 Å². The van der Waals surface area contributed by atoms with Crippen molar-refractivity contribution in [2.75, 3.05) is 5.01 Å². The van der Waals surface area contributed by atoms with Crippen molar-refractivity contribution in [1.29, 1.82) is 5.26 Å². The molecule has 1 heterocycles. The second-order valence-corrected chi connectivity index (χ2v) is 8.87. The van der Waals surface area contributed by atoms with Gasteiger partial charge in [-0.2, -0.15) is 10.4 Å². The van der Waals surface area contributed by atoms with E-state index in [0.29, 0.717) is 28.0 Å². The highest BCUT2D eigenvalue weighted by Crippen LogP contribution is 2.46. The summed E-state index contributed by atoms with van der Waals surface area (Å²) in [4.78, 5) is 11.4. The fourth-order valence-electron chi connectivity index (χ4n) is 5.45. The van der Waals surface area contributed by atoms with Crippen molar-refractivity contribution in [3.8, 4) is 6.07 Å². The van der Waals surface area contributed by atoms with Crippen LogP contribution >= 0.6 is 11.6 Å². The molecule has 1 N–H and O–H groups in total. The molecule has 30 heavy (non-hydrogen) atoms. The Morgan fingerprint density at radius 1 is 1.17 bits per heavy atom. The van der Waals surface area contributed by atoms with E-state index < -0.39 is 5.97 Å². The topological polar surface area (TPSA) is 76.7 Å². The van der Waals surface area contributed by atoms with Gasteiger partial charge in [-0.3, -0.25) is 5.01 Å². The first-order chi connectivity index (χ1) is 14.6. The van der Waals surface area contributed by atoms with Crippen LogP contribution < -0.4 is 5.01 Å². The number of benzene rings is 2. The molecule has 6 heteroatoms. The first-order valence-electron chi connectivity index (χ1n) is 10.5. The molecule has 0 radical (unpaired) electrons. The van der Waals surface area contributed by atoms with Crippen LogP contribution in [0.15, 0.2) is 41.5 Å². The monoisotopic (exact) mass is 419 g/mol. The van der Waals surface area contributed by atoms with Crippen molar-refractivity contribution in [3.05, 3.63) is 63.7 Å². The molecule has 1 fully saturated rings. The first-order valence-corrected chi connectivity index (χ1v) is 10.9. The van der Waals surface area contributed by atoms with Gasteiger partial charge in [0.25, 0.3) is 0 Å². The lowest BCUT2D eigenvalue weighted by atomic mass is 9.75. The van der Waals surface area contributed by atoms with E-state index in [-0.39, 0.29) is 6.04 Å². The summed E-state index contributed by atoms with van der Waals surface area (Å²) in [5, 5.41) is 26.3. The molecule has 3 aliphatic rings. The normalized spacial score (nSPS) is 22.9. The molecule has 2 unspecified atom stereocenters. The number of carbonyl (C=O) groups is 1. The molecule has 5 nitrogen and oxygen atoms in total. The average Bonchev–Trinajstić information content (AvgIpc) is 3.40. The van der Waals surface area contributed by atoms with E-state index in [1.165, 1.54) is 25.7 Å². The van der Waals surface area contributed by atoms with Crippen LogP contribution in [0.4, 0.5) is 5.69 Å². The van der Waals surface area contributed by atoms with Crippen LogP contribution in [-0.2, 0) is 6.42 Å². The summed E-state index contributed by atoms with van der Waals surface area (Å²) in [6, 6.07) is 13.2. The maximum absolute atomic E-state index is 11.4. The van der Waals surface area contributed by atoms with Crippen LogP contribution in [0.5, 0.6) is 0 Å². The lowest BCUT2D eigenvalue weighted by molar-refractivity contribution is 0.0696. The fourth-order valence-corrected chi connectivity index (χ4v) is 5.72. The minimum atomic E-state index is -0.900. The van der Waals surface area contributed by atoms with Gasteiger partial charge in [0.2, 0.25) is 0 Å². The molecule has 0 amide bonds. The van der Waals surface area contributed by atoms with Crippen LogP contribution in [0.2, 0.25) is 5.02 Å². The van der Waals surface area contributed by atoms with Crippen molar-refractivity contribution in [3.63, 3.8) is 0 Å². The van der Waals surface area contributed by atoms with Crippen molar-refractivity contribution in [2.45, 2.75) is 44.6 Å². The number of hydrazone groups is 1. The Kier molecular flexibility index (Phi) is 4.75. The molecule has 0 saturated heterocycles. The highest BCUT2D eigenvalue weighted by atomic mass is 35.5. The number of aryl methyl sites for hydroxylation is 1. The van der Waals surface area contributed by atoms with E-state index in [2.05, 4.69) is 11.1 Å². The van der Waals surface area contributed by atoms with E-state index in [4.69, 9.17) is 16.7 Å². The SMILES string of the molecule is N#Cc1ccc(N2N=C3c4ccc(C(=O)O)cc4CCC3C2C2CCCC2)c(Cl)c1.